The fourth-order valence-electron chi connectivity index (χ4n) is 4.88. The number of piperidine rings is 2. The Morgan fingerprint density at radius 1 is 0.455 bits per heavy atom. The summed E-state index contributed by atoms with van der Waals surface area (Å²) in [4.78, 5) is 10.8. The smallest absolute Gasteiger partial charge is 0.0121 e. The van der Waals surface area contributed by atoms with E-state index in [1.807, 2.05) is 0 Å². The number of nitrogens with zero attached hydrogens (tertiary/aromatic N) is 4. The predicted molar refractivity (Wildman–Crippen MR) is 91.3 cm³/mol. The first-order valence-electron chi connectivity index (χ1n) is 9.70. The van der Waals surface area contributed by atoms with Gasteiger partial charge in [-0.2, -0.15) is 0 Å². The molecule has 0 aromatic carbocycles. The highest BCUT2D eigenvalue weighted by Crippen LogP contribution is 2.29. The van der Waals surface area contributed by atoms with Crippen molar-refractivity contribution < 1.29 is 0 Å². The molecule has 4 heteroatoms. The van der Waals surface area contributed by atoms with Gasteiger partial charge >= 0.3 is 0 Å². The van der Waals surface area contributed by atoms with Crippen molar-refractivity contribution in [2.45, 2.75) is 56.7 Å². The van der Waals surface area contributed by atoms with Crippen molar-refractivity contribution in [2.75, 3.05) is 59.4 Å². The third-order valence-corrected chi connectivity index (χ3v) is 6.63. The lowest BCUT2D eigenvalue weighted by Crippen LogP contribution is -2.55. The van der Waals surface area contributed by atoms with Crippen molar-refractivity contribution in [2.24, 2.45) is 0 Å². The molecule has 126 valence electrons. The molecule has 3 saturated heterocycles. The number of hydrogen-bond donors (Lipinski definition) is 0. The van der Waals surface area contributed by atoms with E-state index in [-0.39, 0.29) is 0 Å². The molecule has 0 aromatic rings. The minimum atomic E-state index is 0.879. The van der Waals surface area contributed by atoms with Crippen LogP contribution in [0.4, 0.5) is 0 Å². The lowest BCUT2D eigenvalue weighted by atomic mass is 9.97. The molecule has 0 N–H and O–H groups in total. The normalized spacial score (nSPS) is 32.6. The van der Waals surface area contributed by atoms with Crippen LogP contribution in [0.5, 0.6) is 0 Å². The van der Waals surface area contributed by atoms with Crippen LogP contribution in [-0.4, -0.2) is 97.1 Å². The monoisotopic (exact) mass is 306 g/mol. The molecule has 0 radical (unpaired) electrons. The first kappa shape index (κ1) is 15.4. The van der Waals surface area contributed by atoms with E-state index in [4.69, 9.17) is 0 Å². The van der Waals surface area contributed by atoms with E-state index >= 15 is 0 Å². The van der Waals surface area contributed by atoms with Crippen molar-refractivity contribution in [3.63, 3.8) is 0 Å². The lowest BCUT2D eigenvalue weighted by molar-refractivity contribution is 0.0342. The molecule has 4 rings (SSSR count). The standard InChI is InChI=1S/C18H34N4/c1-19-8-4-17(5-9-19)20-10-6-18(7-11-20)22-14-12-21(13-15-22)16-2-3-16/h16-18H,2-15H2,1H3. The van der Waals surface area contributed by atoms with Gasteiger partial charge in [0.1, 0.15) is 0 Å². The number of rotatable bonds is 3. The molecule has 0 spiro atoms. The number of hydrogen-bond acceptors (Lipinski definition) is 4. The van der Waals surface area contributed by atoms with Crippen molar-refractivity contribution >= 4 is 0 Å². The molecule has 4 fully saturated rings. The van der Waals surface area contributed by atoms with Gasteiger partial charge < -0.3 is 9.80 Å². The Kier molecular flexibility index (Phi) is 4.72. The first-order valence-corrected chi connectivity index (χ1v) is 9.70. The van der Waals surface area contributed by atoms with Gasteiger partial charge in [-0.1, -0.05) is 0 Å². The fourth-order valence-corrected chi connectivity index (χ4v) is 4.88. The second kappa shape index (κ2) is 6.76. The van der Waals surface area contributed by atoms with Crippen LogP contribution in [0, 0.1) is 0 Å². The van der Waals surface area contributed by atoms with E-state index in [2.05, 4.69) is 26.6 Å². The summed E-state index contributed by atoms with van der Waals surface area (Å²) in [5.74, 6) is 0. The molecule has 4 nitrogen and oxygen atoms in total. The van der Waals surface area contributed by atoms with Gasteiger partial charge in [-0.15, -0.1) is 0 Å². The summed E-state index contributed by atoms with van der Waals surface area (Å²) >= 11 is 0. The Morgan fingerprint density at radius 2 is 0.818 bits per heavy atom. The van der Waals surface area contributed by atoms with Gasteiger partial charge in [0, 0.05) is 44.3 Å². The highest BCUT2D eigenvalue weighted by atomic mass is 15.3. The molecule has 0 amide bonds. The zero-order valence-electron chi connectivity index (χ0n) is 14.4. The van der Waals surface area contributed by atoms with E-state index in [1.54, 1.807) is 0 Å². The molecule has 3 aliphatic heterocycles. The SMILES string of the molecule is CN1CCC(N2CCC(N3CCN(C4CC4)CC3)CC2)CC1. The van der Waals surface area contributed by atoms with Gasteiger partial charge in [-0.25, -0.2) is 0 Å². The van der Waals surface area contributed by atoms with Crippen LogP contribution in [0.1, 0.15) is 38.5 Å². The molecule has 1 aliphatic carbocycles. The molecule has 0 aromatic heterocycles. The fraction of sp³-hybridized carbons (Fsp3) is 1.00. The van der Waals surface area contributed by atoms with Crippen LogP contribution in [0.2, 0.25) is 0 Å². The Labute approximate surface area is 136 Å². The maximum absolute atomic E-state index is 2.81. The molecule has 0 bridgehead atoms. The van der Waals surface area contributed by atoms with Crippen LogP contribution in [0.25, 0.3) is 0 Å². The van der Waals surface area contributed by atoms with E-state index < -0.39 is 0 Å². The average Bonchev–Trinajstić information content (AvgIpc) is 3.41. The van der Waals surface area contributed by atoms with Gasteiger partial charge in [-0.05, 0) is 71.8 Å². The minimum Gasteiger partial charge on any atom is -0.306 e. The Balaban J connectivity index is 1.20. The molecule has 4 aliphatic rings. The zero-order chi connectivity index (χ0) is 14.9. The number of piperazine rings is 1. The van der Waals surface area contributed by atoms with Gasteiger partial charge in [-0.3, -0.25) is 9.80 Å². The molecule has 0 atom stereocenters. The molecular weight excluding hydrogens is 272 g/mol. The zero-order valence-corrected chi connectivity index (χ0v) is 14.4. The van der Waals surface area contributed by atoms with E-state index in [1.165, 1.54) is 90.9 Å². The van der Waals surface area contributed by atoms with Crippen LogP contribution in [0.15, 0.2) is 0 Å². The van der Waals surface area contributed by atoms with Gasteiger partial charge in [0.15, 0.2) is 0 Å². The summed E-state index contributed by atoms with van der Waals surface area (Å²) in [5.41, 5.74) is 0. The Hall–Kier alpha value is -0.160. The predicted octanol–water partition coefficient (Wildman–Crippen LogP) is 1.33. The second-order valence-electron chi connectivity index (χ2n) is 8.10. The summed E-state index contributed by atoms with van der Waals surface area (Å²) in [6, 6.07) is 2.72. The van der Waals surface area contributed by atoms with Gasteiger partial charge in [0.25, 0.3) is 0 Å². The van der Waals surface area contributed by atoms with Crippen LogP contribution in [-0.2, 0) is 0 Å². The summed E-state index contributed by atoms with van der Waals surface area (Å²) in [7, 11) is 2.27. The highest BCUT2D eigenvalue weighted by molar-refractivity contribution is 4.91. The molecule has 3 heterocycles. The summed E-state index contributed by atoms with van der Waals surface area (Å²) in [6.07, 6.45) is 8.54. The van der Waals surface area contributed by atoms with Crippen molar-refractivity contribution in [1.29, 1.82) is 0 Å². The second-order valence-corrected chi connectivity index (χ2v) is 8.10. The molecule has 1 saturated carbocycles. The van der Waals surface area contributed by atoms with Crippen LogP contribution < -0.4 is 0 Å². The summed E-state index contributed by atoms with van der Waals surface area (Å²) in [6.45, 7) is 10.6. The van der Waals surface area contributed by atoms with Crippen molar-refractivity contribution in [3.8, 4) is 0 Å². The first-order chi connectivity index (χ1) is 10.8. The largest absolute Gasteiger partial charge is 0.306 e. The van der Waals surface area contributed by atoms with E-state index in [9.17, 15) is 0 Å². The third kappa shape index (κ3) is 3.50. The quantitative estimate of drug-likeness (QED) is 0.780. The summed E-state index contributed by atoms with van der Waals surface area (Å²) < 4.78 is 0. The summed E-state index contributed by atoms with van der Waals surface area (Å²) in [5, 5.41) is 0. The van der Waals surface area contributed by atoms with Crippen LogP contribution >= 0.6 is 0 Å². The maximum Gasteiger partial charge on any atom is 0.0121 e. The Bertz CT molecular complexity index is 346. The lowest BCUT2D eigenvalue weighted by Gasteiger charge is -2.45. The molecular formula is C18H34N4. The van der Waals surface area contributed by atoms with E-state index in [0.717, 1.165) is 18.1 Å². The minimum absolute atomic E-state index is 0.879. The topological polar surface area (TPSA) is 13.0 Å². The molecule has 22 heavy (non-hydrogen) atoms. The highest BCUT2D eigenvalue weighted by Gasteiger charge is 2.34. The maximum atomic E-state index is 2.81. The average molecular weight is 306 g/mol. The molecule has 0 unspecified atom stereocenters. The van der Waals surface area contributed by atoms with Crippen molar-refractivity contribution in [1.82, 2.24) is 19.6 Å². The van der Waals surface area contributed by atoms with Gasteiger partial charge in [0.2, 0.25) is 0 Å². The van der Waals surface area contributed by atoms with Crippen LogP contribution in [0.3, 0.4) is 0 Å². The third-order valence-electron chi connectivity index (χ3n) is 6.63. The van der Waals surface area contributed by atoms with Crippen molar-refractivity contribution in [3.05, 3.63) is 0 Å². The van der Waals surface area contributed by atoms with Gasteiger partial charge in [0.05, 0.1) is 0 Å². The van der Waals surface area contributed by atoms with E-state index in [0.29, 0.717) is 0 Å². The Morgan fingerprint density at radius 3 is 1.27 bits per heavy atom. The number of likely N-dealkylation sites (tertiary alicyclic amines) is 2.